The minimum atomic E-state index is 0.152. The SMILES string of the molecule is Cc1ccc(B2C=Cc3c(oc4ncccc34)N2C)[n+](C)c1. The summed E-state index contributed by atoms with van der Waals surface area (Å²) < 4.78 is 8.15. The van der Waals surface area contributed by atoms with E-state index in [1.165, 1.54) is 11.2 Å². The Balaban J connectivity index is 1.84. The van der Waals surface area contributed by atoms with Gasteiger partial charge in [0.2, 0.25) is 5.71 Å². The third kappa shape index (κ3) is 1.85. The summed E-state index contributed by atoms with van der Waals surface area (Å²) >= 11 is 0. The zero-order valence-electron chi connectivity index (χ0n) is 12.9. The van der Waals surface area contributed by atoms with Gasteiger partial charge in [0.15, 0.2) is 17.7 Å². The molecule has 4 heterocycles. The summed E-state index contributed by atoms with van der Waals surface area (Å²) in [6, 6.07) is 8.31. The van der Waals surface area contributed by atoms with Crippen molar-refractivity contribution in [2.45, 2.75) is 6.92 Å². The summed E-state index contributed by atoms with van der Waals surface area (Å²) in [7, 11) is 4.15. The molecule has 0 bridgehead atoms. The summed E-state index contributed by atoms with van der Waals surface area (Å²) in [6.45, 7) is 2.26. The lowest BCUT2D eigenvalue weighted by molar-refractivity contribution is -0.654. The number of fused-ring (bicyclic) bond motifs is 3. The number of rotatable bonds is 1. The summed E-state index contributed by atoms with van der Waals surface area (Å²) in [5.74, 6) is 3.09. The molecule has 3 aromatic rings. The molecule has 22 heavy (non-hydrogen) atoms. The van der Waals surface area contributed by atoms with Crippen molar-refractivity contribution in [2.75, 3.05) is 11.9 Å². The smallest absolute Gasteiger partial charge is 0.398 e. The monoisotopic (exact) mass is 290 g/mol. The zero-order valence-corrected chi connectivity index (χ0v) is 12.9. The number of pyridine rings is 2. The van der Waals surface area contributed by atoms with Crippen molar-refractivity contribution in [1.29, 1.82) is 0 Å². The van der Waals surface area contributed by atoms with Gasteiger partial charge >= 0.3 is 6.85 Å². The third-order valence-corrected chi connectivity index (χ3v) is 4.29. The highest BCUT2D eigenvalue weighted by molar-refractivity contribution is 6.80. The van der Waals surface area contributed by atoms with Gasteiger partial charge in [0.05, 0.1) is 0 Å². The van der Waals surface area contributed by atoms with Crippen LogP contribution in [0.15, 0.2) is 47.1 Å². The van der Waals surface area contributed by atoms with E-state index < -0.39 is 0 Å². The first-order valence-electron chi connectivity index (χ1n) is 7.40. The Labute approximate surface area is 129 Å². The van der Waals surface area contributed by atoms with Crippen molar-refractivity contribution < 1.29 is 8.98 Å². The van der Waals surface area contributed by atoms with E-state index >= 15 is 0 Å². The fraction of sp³-hybridized carbons (Fsp3) is 0.176. The fourth-order valence-corrected chi connectivity index (χ4v) is 3.17. The van der Waals surface area contributed by atoms with Gasteiger partial charge in [-0.25, -0.2) is 9.55 Å². The second-order valence-corrected chi connectivity index (χ2v) is 5.83. The molecule has 0 aromatic carbocycles. The number of nitrogens with zero attached hydrogens (tertiary/aromatic N) is 3. The number of aromatic nitrogens is 2. The van der Waals surface area contributed by atoms with Gasteiger partial charge in [-0.3, -0.25) is 0 Å². The van der Waals surface area contributed by atoms with Crippen molar-refractivity contribution >= 4 is 35.5 Å². The molecule has 0 atom stereocenters. The average Bonchev–Trinajstić information content (AvgIpc) is 2.88. The van der Waals surface area contributed by atoms with Gasteiger partial charge < -0.3 is 9.23 Å². The number of aryl methyl sites for hydroxylation is 2. The van der Waals surface area contributed by atoms with Crippen molar-refractivity contribution in [3.05, 3.63) is 53.8 Å². The van der Waals surface area contributed by atoms with Gasteiger partial charge in [-0.1, -0.05) is 12.1 Å². The molecule has 0 radical (unpaired) electrons. The van der Waals surface area contributed by atoms with E-state index in [2.05, 4.69) is 71.8 Å². The summed E-state index contributed by atoms with van der Waals surface area (Å²) in [5.41, 5.74) is 4.28. The molecule has 0 saturated heterocycles. The van der Waals surface area contributed by atoms with E-state index in [0.29, 0.717) is 5.71 Å². The van der Waals surface area contributed by atoms with Crippen LogP contribution in [0, 0.1) is 6.92 Å². The van der Waals surface area contributed by atoms with Crippen molar-refractivity contribution in [3.8, 4) is 0 Å². The molecule has 0 spiro atoms. The molecule has 1 aliphatic rings. The predicted molar refractivity (Wildman–Crippen MR) is 89.2 cm³/mol. The van der Waals surface area contributed by atoms with Crippen LogP contribution in [0.5, 0.6) is 0 Å². The molecule has 0 fully saturated rings. The van der Waals surface area contributed by atoms with Crippen LogP contribution in [-0.4, -0.2) is 18.9 Å². The quantitative estimate of drug-likeness (QED) is 0.506. The number of anilines is 1. The van der Waals surface area contributed by atoms with E-state index in [1.54, 1.807) is 6.20 Å². The molecule has 4 rings (SSSR count). The van der Waals surface area contributed by atoms with Crippen molar-refractivity contribution in [3.63, 3.8) is 0 Å². The molecule has 0 amide bonds. The van der Waals surface area contributed by atoms with Gasteiger partial charge in [0, 0.05) is 22.7 Å². The predicted octanol–water partition coefficient (Wildman–Crippen LogP) is 1.86. The largest absolute Gasteiger partial charge is 0.423 e. The first kappa shape index (κ1) is 13.1. The molecule has 1 aliphatic heterocycles. The molecule has 3 aromatic heterocycles. The Kier molecular flexibility index (Phi) is 2.82. The first-order chi connectivity index (χ1) is 10.6. The van der Waals surface area contributed by atoms with Crippen LogP contribution in [0.2, 0.25) is 0 Å². The maximum Gasteiger partial charge on any atom is 0.398 e. The van der Waals surface area contributed by atoms with Crippen LogP contribution in [0.25, 0.3) is 17.2 Å². The molecule has 0 saturated carbocycles. The van der Waals surface area contributed by atoms with E-state index in [-0.39, 0.29) is 6.85 Å². The zero-order chi connectivity index (χ0) is 15.3. The lowest BCUT2D eigenvalue weighted by atomic mass is 9.55. The Morgan fingerprint density at radius 2 is 2.14 bits per heavy atom. The van der Waals surface area contributed by atoms with Crippen molar-refractivity contribution in [1.82, 2.24) is 4.98 Å². The van der Waals surface area contributed by atoms with E-state index in [4.69, 9.17) is 4.42 Å². The fourth-order valence-electron chi connectivity index (χ4n) is 3.17. The van der Waals surface area contributed by atoms with Gasteiger partial charge in [-0.2, -0.15) is 0 Å². The van der Waals surface area contributed by atoms with Crippen LogP contribution in [0.3, 0.4) is 0 Å². The van der Waals surface area contributed by atoms with Crippen molar-refractivity contribution in [2.24, 2.45) is 7.05 Å². The van der Waals surface area contributed by atoms with E-state index in [0.717, 1.165) is 16.8 Å². The minimum Gasteiger partial charge on any atom is -0.423 e. The Morgan fingerprint density at radius 1 is 1.27 bits per heavy atom. The summed E-state index contributed by atoms with van der Waals surface area (Å²) in [4.78, 5) is 6.48. The highest BCUT2D eigenvalue weighted by Gasteiger charge is 2.34. The van der Waals surface area contributed by atoms with Crippen LogP contribution in [-0.2, 0) is 7.05 Å². The second kappa shape index (κ2) is 4.73. The normalized spacial score (nSPS) is 13.8. The number of hydrogen-bond acceptors (Lipinski definition) is 3. The highest BCUT2D eigenvalue weighted by Crippen LogP contribution is 2.34. The molecule has 4 nitrogen and oxygen atoms in total. The average molecular weight is 290 g/mol. The van der Waals surface area contributed by atoms with Gasteiger partial charge in [0.25, 0.3) is 0 Å². The standard InChI is InChI=1S/C17H17BN3O/c1-12-6-7-15(20(2)11-12)18-9-8-14-13-5-4-10-19-16(13)22-17(14)21(18)3/h4-11H,1-3H3/q+1. The highest BCUT2D eigenvalue weighted by atomic mass is 16.4. The maximum absolute atomic E-state index is 5.97. The second-order valence-electron chi connectivity index (χ2n) is 5.83. The van der Waals surface area contributed by atoms with Gasteiger partial charge in [-0.15, -0.1) is 0 Å². The molecule has 0 N–H and O–H groups in total. The maximum atomic E-state index is 5.97. The lowest BCUT2D eigenvalue weighted by Crippen LogP contribution is -2.60. The Hall–Kier alpha value is -2.56. The topological polar surface area (TPSA) is 33.2 Å². The molecular formula is C17H17BN3O+. The first-order valence-corrected chi connectivity index (χ1v) is 7.40. The molecule has 108 valence electrons. The lowest BCUT2D eigenvalue weighted by Gasteiger charge is -2.24. The van der Waals surface area contributed by atoms with Gasteiger partial charge in [-0.05, 0) is 38.2 Å². The summed E-state index contributed by atoms with van der Waals surface area (Å²) in [6.07, 6.45) is 6.05. The van der Waals surface area contributed by atoms with E-state index in [1.807, 2.05) is 6.07 Å². The molecule has 0 aliphatic carbocycles. The number of hydrogen-bond donors (Lipinski definition) is 0. The Morgan fingerprint density at radius 3 is 2.95 bits per heavy atom. The van der Waals surface area contributed by atoms with Crippen LogP contribution >= 0.6 is 0 Å². The van der Waals surface area contributed by atoms with Crippen LogP contribution in [0.1, 0.15) is 11.1 Å². The minimum absolute atomic E-state index is 0.152. The van der Waals surface area contributed by atoms with Crippen LogP contribution < -0.4 is 15.0 Å². The Bertz CT molecular complexity index is 900. The third-order valence-electron chi connectivity index (χ3n) is 4.29. The molecular weight excluding hydrogens is 273 g/mol. The van der Waals surface area contributed by atoms with Crippen LogP contribution in [0.4, 0.5) is 5.88 Å². The summed E-state index contributed by atoms with van der Waals surface area (Å²) in [5, 5.41) is 1.06. The van der Waals surface area contributed by atoms with Gasteiger partial charge in [0.1, 0.15) is 7.05 Å². The number of furan rings is 1. The molecule has 5 heteroatoms. The van der Waals surface area contributed by atoms with E-state index in [9.17, 15) is 0 Å². The molecule has 0 unspecified atom stereocenters.